The second-order valence-corrected chi connectivity index (χ2v) is 11.7. The molecule has 4 nitrogen and oxygen atoms in total. The van der Waals surface area contributed by atoms with Crippen LogP contribution in [0, 0.1) is 5.92 Å². The van der Waals surface area contributed by atoms with Gasteiger partial charge in [0.15, 0.2) is 0 Å². The lowest BCUT2D eigenvalue weighted by Crippen LogP contribution is -2.50. The quantitative estimate of drug-likeness (QED) is 0.433. The molecule has 0 aliphatic carbocycles. The molecule has 0 fully saturated rings. The molecule has 0 N–H and O–H groups in total. The Labute approximate surface area is 140 Å². The zero-order valence-electron chi connectivity index (χ0n) is 14.7. The van der Waals surface area contributed by atoms with E-state index in [1.807, 2.05) is 29.3 Å². The van der Waals surface area contributed by atoms with Gasteiger partial charge in [-0.2, -0.15) is 5.06 Å². The van der Waals surface area contributed by atoms with Crippen LogP contribution in [0.1, 0.15) is 19.4 Å². The van der Waals surface area contributed by atoms with Crippen LogP contribution < -0.4 is 0 Å². The third-order valence-electron chi connectivity index (χ3n) is 3.60. The van der Waals surface area contributed by atoms with E-state index in [-0.39, 0.29) is 24.0 Å². The summed E-state index contributed by atoms with van der Waals surface area (Å²) in [5, 5.41) is 2.03. The van der Waals surface area contributed by atoms with E-state index in [1.165, 1.54) is 11.6 Å². The molecule has 0 saturated heterocycles. The summed E-state index contributed by atoms with van der Waals surface area (Å²) in [6.07, 6.45) is 3.09. The summed E-state index contributed by atoms with van der Waals surface area (Å²) in [7, 11) is -1.79. The number of rotatable bonds is 7. The molecule has 0 bridgehead atoms. The highest BCUT2D eigenvalue weighted by molar-refractivity contribution is 6.69. The first-order valence-corrected chi connectivity index (χ1v) is 11.6. The van der Waals surface area contributed by atoms with E-state index < -0.39 is 8.32 Å². The number of esters is 1. The molecular weight excluding hydrogens is 306 g/mol. The minimum atomic E-state index is -1.79. The minimum Gasteiger partial charge on any atom is -0.453 e. The van der Waals surface area contributed by atoms with E-state index in [0.717, 1.165) is 0 Å². The highest BCUT2D eigenvalue weighted by atomic mass is 28.4. The van der Waals surface area contributed by atoms with E-state index in [0.29, 0.717) is 6.54 Å². The first-order chi connectivity index (χ1) is 10.8. The van der Waals surface area contributed by atoms with E-state index in [9.17, 15) is 4.79 Å². The number of carbonyl (C=O) groups excluding carboxylic acids is 1. The smallest absolute Gasteiger partial charge is 0.331 e. The summed E-state index contributed by atoms with van der Waals surface area (Å²) in [5.41, 5.74) is 1.18. The van der Waals surface area contributed by atoms with Crippen LogP contribution in [0.5, 0.6) is 0 Å². The van der Waals surface area contributed by atoms with Crippen LogP contribution >= 0.6 is 0 Å². The van der Waals surface area contributed by atoms with Crippen molar-refractivity contribution in [1.29, 1.82) is 0 Å². The van der Waals surface area contributed by atoms with E-state index >= 15 is 0 Å². The molecule has 126 valence electrons. The maximum absolute atomic E-state index is 11.5. The zero-order valence-corrected chi connectivity index (χ0v) is 15.7. The number of nitrogens with zero attached hydrogens (tertiary/aromatic N) is 1. The van der Waals surface area contributed by atoms with Crippen LogP contribution in [-0.4, -0.2) is 31.5 Å². The molecule has 1 aliphatic rings. The Kier molecular flexibility index (Phi) is 5.78. The van der Waals surface area contributed by atoms with Gasteiger partial charge < -0.3 is 9.26 Å². The van der Waals surface area contributed by atoms with Crippen molar-refractivity contribution < 1.29 is 14.1 Å². The Bertz CT molecular complexity index is 551. The Hall–Kier alpha value is -1.43. The van der Waals surface area contributed by atoms with Gasteiger partial charge in [0.25, 0.3) is 0 Å². The molecule has 5 heteroatoms. The lowest BCUT2D eigenvalue weighted by molar-refractivity contribution is -0.166. The number of hydrogen-bond donors (Lipinski definition) is 0. The summed E-state index contributed by atoms with van der Waals surface area (Å²) in [4.78, 5) is 11.5. The first-order valence-electron chi connectivity index (χ1n) is 8.15. The third kappa shape index (κ3) is 5.30. The Morgan fingerprint density at radius 3 is 2.35 bits per heavy atom. The molecule has 0 saturated carbocycles. The summed E-state index contributed by atoms with van der Waals surface area (Å²) in [5.74, 6) is 0.0175. The zero-order chi connectivity index (χ0) is 17.0. The molecule has 1 aromatic carbocycles. The number of ether oxygens (including phenoxy) is 1. The number of hydroxylamine groups is 2. The summed E-state index contributed by atoms with van der Waals surface area (Å²) in [6.45, 7) is 11.4. The number of carbonyl (C=O) groups is 1. The van der Waals surface area contributed by atoms with Gasteiger partial charge in [-0.05, 0) is 37.2 Å². The van der Waals surface area contributed by atoms with Crippen molar-refractivity contribution in [1.82, 2.24) is 5.06 Å². The first kappa shape index (κ1) is 17.9. The number of hydrogen-bond acceptors (Lipinski definition) is 4. The fraction of sp³-hybridized carbons (Fsp3) is 0.500. The van der Waals surface area contributed by atoms with Crippen LogP contribution in [0.3, 0.4) is 0 Å². The molecule has 2 rings (SSSR count). The summed E-state index contributed by atoms with van der Waals surface area (Å²) in [6, 6.07) is 10.2. The van der Waals surface area contributed by atoms with E-state index in [2.05, 4.69) is 45.6 Å². The molecule has 0 amide bonds. The molecular formula is C18H27NO3Si. The van der Waals surface area contributed by atoms with Gasteiger partial charge in [0.2, 0.25) is 8.32 Å². The van der Waals surface area contributed by atoms with Crippen molar-refractivity contribution >= 4 is 14.3 Å². The van der Waals surface area contributed by atoms with E-state index in [1.54, 1.807) is 0 Å². The van der Waals surface area contributed by atoms with Gasteiger partial charge in [-0.15, -0.1) is 0 Å². The van der Waals surface area contributed by atoms with Crippen LogP contribution in [0.25, 0.3) is 0 Å². The molecule has 1 aliphatic heterocycles. The predicted molar refractivity (Wildman–Crippen MR) is 94.1 cm³/mol. The van der Waals surface area contributed by atoms with E-state index in [4.69, 9.17) is 9.26 Å². The van der Waals surface area contributed by atoms with Gasteiger partial charge in [-0.25, -0.2) is 4.79 Å². The minimum absolute atomic E-state index is 0.00960. The highest BCUT2D eigenvalue weighted by Gasteiger charge is 2.36. The molecule has 0 spiro atoms. The number of cyclic esters (lactones) is 1. The summed E-state index contributed by atoms with van der Waals surface area (Å²) < 4.78 is 11.8. The lowest BCUT2D eigenvalue weighted by atomic mass is 9.97. The Balaban J connectivity index is 2.25. The average molecular weight is 334 g/mol. The monoisotopic (exact) mass is 333 g/mol. The predicted octanol–water partition coefficient (Wildman–Crippen LogP) is 3.76. The highest BCUT2D eigenvalue weighted by Crippen LogP contribution is 2.26. The van der Waals surface area contributed by atoms with Crippen LogP contribution in [-0.2, 0) is 20.6 Å². The second kappa shape index (κ2) is 7.42. The molecule has 2 atom stereocenters. The fourth-order valence-corrected chi connectivity index (χ4v) is 3.65. The van der Waals surface area contributed by atoms with Gasteiger partial charge in [0, 0.05) is 12.6 Å². The normalized spacial score (nSPS) is 19.4. The maximum Gasteiger partial charge on any atom is 0.331 e. The van der Waals surface area contributed by atoms with Crippen molar-refractivity contribution in [3.63, 3.8) is 0 Å². The molecule has 23 heavy (non-hydrogen) atoms. The average Bonchev–Trinajstić information content (AvgIpc) is 2.84. The molecule has 0 aromatic heterocycles. The lowest BCUT2D eigenvalue weighted by Gasteiger charge is -2.39. The van der Waals surface area contributed by atoms with Crippen molar-refractivity contribution in [2.24, 2.45) is 5.92 Å². The van der Waals surface area contributed by atoms with Crippen molar-refractivity contribution in [3.05, 3.63) is 48.0 Å². The Morgan fingerprint density at radius 2 is 1.87 bits per heavy atom. The van der Waals surface area contributed by atoms with Gasteiger partial charge in [-0.3, -0.25) is 0 Å². The molecule has 2 unspecified atom stereocenters. The third-order valence-corrected chi connectivity index (χ3v) is 4.38. The number of benzene rings is 1. The van der Waals surface area contributed by atoms with Crippen LogP contribution in [0.4, 0.5) is 0 Å². The SMILES string of the molecule is CC(C)C(C1C=CC(=O)O1)N(Cc1ccccc1)O[Si](C)(C)C. The molecule has 1 aromatic rings. The molecule has 0 radical (unpaired) electrons. The Morgan fingerprint density at radius 1 is 1.22 bits per heavy atom. The maximum atomic E-state index is 11.5. The van der Waals surface area contributed by atoms with Crippen molar-refractivity contribution in [3.8, 4) is 0 Å². The van der Waals surface area contributed by atoms with Gasteiger partial charge >= 0.3 is 5.97 Å². The van der Waals surface area contributed by atoms with Crippen molar-refractivity contribution in [2.75, 3.05) is 0 Å². The van der Waals surface area contributed by atoms with Gasteiger partial charge in [0.1, 0.15) is 6.10 Å². The van der Waals surface area contributed by atoms with Crippen LogP contribution in [0.15, 0.2) is 42.5 Å². The fourth-order valence-electron chi connectivity index (χ4n) is 2.76. The topological polar surface area (TPSA) is 38.8 Å². The second-order valence-electron chi connectivity index (χ2n) is 7.26. The van der Waals surface area contributed by atoms with Crippen LogP contribution in [0.2, 0.25) is 19.6 Å². The van der Waals surface area contributed by atoms with Gasteiger partial charge in [0.05, 0.1) is 6.04 Å². The largest absolute Gasteiger partial charge is 0.453 e. The molecule has 1 heterocycles. The van der Waals surface area contributed by atoms with Crippen molar-refractivity contribution in [2.45, 2.75) is 52.2 Å². The summed E-state index contributed by atoms with van der Waals surface area (Å²) >= 11 is 0. The standard InChI is InChI=1S/C18H27NO3Si/c1-14(2)18(16-11-12-17(20)21-16)19(22-23(3,4)5)13-15-9-7-6-8-10-15/h6-12,14,16,18H,13H2,1-5H3. The van der Waals surface area contributed by atoms with Gasteiger partial charge in [-0.1, -0.05) is 44.2 Å².